The summed E-state index contributed by atoms with van der Waals surface area (Å²) < 4.78 is 14.0. The van der Waals surface area contributed by atoms with Crippen molar-refractivity contribution < 1.29 is 14.6 Å². The lowest BCUT2D eigenvalue weighted by Gasteiger charge is -2.25. The van der Waals surface area contributed by atoms with Gasteiger partial charge < -0.3 is 15.5 Å². The number of rotatable bonds is 5. The molecule has 1 aromatic rings. The lowest BCUT2D eigenvalue weighted by molar-refractivity contribution is 0.0806. The molecule has 1 aromatic carbocycles. The second-order valence-electron chi connectivity index (χ2n) is 4.08. The fourth-order valence-corrected chi connectivity index (χ4v) is 1.61. The van der Waals surface area contributed by atoms with Crippen LogP contribution in [0.4, 0.5) is 10.1 Å². The molecule has 1 rings (SSSR count). The van der Waals surface area contributed by atoms with Gasteiger partial charge in [0.05, 0.1) is 18.9 Å². The summed E-state index contributed by atoms with van der Waals surface area (Å²) in [5.41, 5.74) is -0.322. The number of anilines is 1. The highest BCUT2D eigenvalue weighted by Crippen LogP contribution is 2.26. The summed E-state index contributed by atoms with van der Waals surface area (Å²) in [4.78, 5) is 0. The molecule has 0 aliphatic carbocycles. The van der Waals surface area contributed by atoms with Crippen LogP contribution in [-0.2, 0) is 0 Å². The van der Waals surface area contributed by atoms with E-state index in [0.29, 0.717) is 16.7 Å². The molecule has 0 aliphatic heterocycles. The van der Waals surface area contributed by atoms with Crippen LogP contribution in [0.2, 0.25) is 0 Å². The van der Waals surface area contributed by atoms with E-state index < -0.39 is 5.41 Å². The topological polar surface area (TPSA) is 52.5 Å². The van der Waals surface area contributed by atoms with E-state index in [2.05, 4.69) is 21.2 Å². The molecule has 0 spiro atoms. The molecule has 0 aromatic heterocycles. The third-order valence-corrected chi connectivity index (χ3v) is 3.08. The molecular weight excluding hydrogens is 277 g/mol. The minimum Gasteiger partial charge on any atom is -0.396 e. The Morgan fingerprint density at radius 1 is 1.38 bits per heavy atom. The van der Waals surface area contributed by atoms with Crippen LogP contribution in [-0.4, -0.2) is 30.0 Å². The van der Waals surface area contributed by atoms with E-state index >= 15 is 0 Å². The van der Waals surface area contributed by atoms with Crippen molar-refractivity contribution in [2.75, 3.05) is 25.1 Å². The molecule has 0 radical (unpaired) electrons. The summed E-state index contributed by atoms with van der Waals surface area (Å²) in [6, 6.07) is 4.67. The number of aliphatic hydroxyl groups excluding tert-OH is 2. The molecule has 0 saturated carbocycles. The number of aliphatic hydroxyl groups is 2. The van der Waals surface area contributed by atoms with Crippen LogP contribution in [0.15, 0.2) is 22.7 Å². The number of para-hydroxylation sites is 1. The van der Waals surface area contributed by atoms with Gasteiger partial charge >= 0.3 is 0 Å². The zero-order valence-corrected chi connectivity index (χ0v) is 10.6. The Hall–Kier alpha value is -0.650. The predicted octanol–water partition coefficient (Wildman–Crippen LogP) is 1.99. The molecule has 0 fully saturated rings. The second kappa shape index (κ2) is 5.61. The molecule has 3 nitrogen and oxygen atoms in total. The molecule has 0 amide bonds. The summed E-state index contributed by atoms with van der Waals surface area (Å²) in [5.74, 6) is -0.368. The highest BCUT2D eigenvalue weighted by atomic mass is 79.9. The number of nitrogens with one attached hydrogen (secondary N) is 1. The van der Waals surface area contributed by atoms with E-state index in [1.54, 1.807) is 19.1 Å². The molecule has 0 saturated heterocycles. The third kappa shape index (κ3) is 3.17. The lowest BCUT2D eigenvalue weighted by atomic mass is 9.93. The molecule has 0 bridgehead atoms. The van der Waals surface area contributed by atoms with Gasteiger partial charge in [-0.2, -0.15) is 0 Å². The highest BCUT2D eigenvalue weighted by molar-refractivity contribution is 9.10. The fourth-order valence-electron chi connectivity index (χ4n) is 1.13. The van der Waals surface area contributed by atoms with Crippen LogP contribution >= 0.6 is 15.9 Å². The number of hydrogen-bond acceptors (Lipinski definition) is 3. The highest BCUT2D eigenvalue weighted by Gasteiger charge is 2.22. The quantitative estimate of drug-likeness (QED) is 0.778. The Bertz CT molecular complexity index is 336. The van der Waals surface area contributed by atoms with E-state index in [1.165, 1.54) is 6.07 Å². The smallest absolute Gasteiger partial charge is 0.147 e. The zero-order chi connectivity index (χ0) is 12.2. The van der Waals surface area contributed by atoms with Crippen LogP contribution in [0, 0.1) is 11.2 Å². The molecule has 90 valence electrons. The van der Waals surface area contributed by atoms with Gasteiger partial charge in [-0.15, -0.1) is 0 Å². The van der Waals surface area contributed by atoms with Crippen molar-refractivity contribution in [2.24, 2.45) is 5.41 Å². The van der Waals surface area contributed by atoms with E-state index in [9.17, 15) is 4.39 Å². The Morgan fingerprint density at radius 3 is 2.50 bits per heavy atom. The van der Waals surface area contributed by atoms with Crippen LogP contribution < -0.4 is 5.32 Å². The molecule has 16 heavy (non-hydrogen) atoms. The van der Waals surface area contributed by atoms with Crippen molar-refractivity contribution >= 4 is 21.6 Å². The van der Waals surface area contributed by atoms with Gasteiger partial charge in [0.15, 0.2) is 0 Å². The average Bonchev–Trinajstić information content (AvgIpc) is 2.28. The molecule has 0 unspecified atom stereocenters. The average molecular weight is 292 g/mol. The van der Waals surface area contributed by atoms with Crippen LogP contribution in [0.25, 0.3) is 0 Å². The third-order valence-electron chi connectivity index (χ3n) is 2.42. The minimum atomic E-state index is -0.665. The fraction of sp³-hybridized carbons (Fsp3) is 0.455. The van der Waals surface area contributed by atoms with Gasteiger partial charge in [-0.1, -0.05) is 13.0 Å². The molecule has 0 heterocycles. The van der Waals surface area contributed by atoms with Gasteiger partial charge in [-0.25, -0.2) is 4.39 Å². The number of halogens is 2. The summed E-state index contributed by atoms with van der Waals surface area (Å²) in [6.07, 6.45) is 0. The van der Waals surface area contributed by atoms with Crippen molar-refractivity contribution in [3.05, 3.63) is 28.5 Å². The first-order valence-corrected chi connectivity index (χ1v) is 5.71. The number of hydrogen-bond donors (Lipinski definition) is 3. The normalized spacial score (nSPS) is 11.6. The molecule has 0 aliphatic rings. The van der Waals surface area contributed by atoms with Gasteiger partial charge in [0.25, 0.3) is 0 Å². The summed E-state index contributed by atoms with van der Waals surface area (Å²) in [7, 11) is 0. The van der Waals surface area contributed by atoms with Gasteiger partial charge in [0.2, 0.25) is 0 Å². The van der Waals surface area contributed by atoms with Crippen molar-refractivity contribution in [2.45, 2.75) is 6.92 Å². The molecule has 3 N–H and O–H groups in total. The van der Waals surface area contributed by atoms with Crippen molar-refractivity contribution in [3.8, 4) is 0 Å². The standard InChI is InChI=1S/C11H15BrFNO2/c1-11(6-15,7-16)5-14-10-8(12)3-2-4-9(10)13/h2-4,14-16H,5-7H2,1H3. The van der Waals surface area contributed by atoms with Crippen molar-refractivity contribution in [1.82, 2.24) is 0 Å². The first kappa shape index (κ1) is 13.4. The Morgan fingerprint density at radius 2 is 2.00 bits per heavy atom. The summed E-state index contributed by atoms with van der Waals surface area (Å²) in [5, 5.41) is 21.1. The van der Waals surface area contributed by atoms with E-state index in [1.807, 2.05) is 0 Å². The van der Waals surface area contributed by atoms with Crippen LogP contribution in [0.3, 0.4) is 0 Å². The van der Waals surface area contributed by atoms with Gasteiger partial charge in [0.1, 0.15) is 5.82 Å². The first-order valence-electron chi connectivity index (χ1n) is 4.92. The maximum atomic E-state index is 13.4. The van der Waals surface area contributed by atoms with E-state index in [0.717, 1.165) is 0 Å². The second-order valence-corrected chi connectivity index (χ2v) is 4.93. The SMILES string of the molecule is CC(CO)(CO)CNc1c(F)cccc1Br. The van der Waals surface area contributed by atoms with Crippen LogP contribution in [0.1, 0.15) is 6.92 Å². The van der Waals surface area contributed by atoms with Crippen molar-refractivity contribution in [3.63, 3.8) is 0 Å². The van der Waals surface area contributed by atoms with E-state index in [-0.39, 0.29) is 19.0 Å². The minimum absolute atomic E-state index is 0.164. The molecule has 0 atom stereocenters. The Labute approximate surface area is 102 Å². The monoisotopic (exact) mass is 291 g/mol. The van der Waals surface area contributed by atoms with Gasteiger partial charge in [-0.3, -0.25) is 0 Å². The summed E-state index contributed by atoms with van der Waals surface area (Å²) >= 11 is 3.23. The zero-order valence-electron chi connectivity index (χ0n) is 9.00. The predicted molar refractivity (Wildman–Crippen MR) is 64.9 cm³/mol. The van der Waals surface area contributed by atoms with Gasteiger partial charge in [0, 0.05) is 16.4 Å². The van der Waals surface area contributed by atoms with Crippen molar-refractivity contribution in [1.29, 1.82) is 0 Å². The lowest BCUT2D eigenvalue weighted by Crippen LogP contribution is -2.34. The van der Waals surface area contributed by atoms with E-state index in [4.69, 9.17) is 10.2 Å². The first-order chi connectivity index (χ1) is 7.52. The maximum absolute atomic E-state index is 13.4. The van der Waals surface area contributed by atoms with Gasteiger partial charge in [-0.05, 0) is 28.1 Å². The molecular formula is C11H15BrFNO2. The summed E-state index contributed by atoms with van der Waals surface area (Å²) in [6.45, 7) is 1.68. The Kier molecular flexibility index (Phi) is 4.70. The largest absolute Gasteiger partial charge is 0.396 e. The maximum Gasteiger partial charge on any atom is 0.147 e. The Balaban J connectivity index is 2.75. The molecule has 5 heteroatoms. The van der Waals surface area contributed by atoms with Crippen LogP contribution in [0.5, 0.6) is 0 Å². The number of benzene rings is 1.